The fraction of sp³-hybridized carbons (Fsp3) is 0.875. The molecule has 0 aliphatic carbocycles. The highest BCUT2D eigenvalue weighted by Crippen LogP contribution is 2.32. The number of urea groups is 1. The predicted octanol–water partition coefficient (Wildman–Crippen LogP) is -0.0182. The summed E-state index contributed by atoms with van der Waals surface area (Å²) < 4.78 is 0. The van der Waals surface area contributed by atoms with E-state index in [1.54, 1.807) is 4.90 Å². The fourth-order valence-corrected chi connectivity index (χ4v) is 1.32. The van der Waals surface area contributed by atoms with E-state index in [0.29, 0.717) is 12.5 Å². The fourth-order valence-electron chi connectivity index (χ4n) is 1.32. The van der Waals surface area contributed by atoms with Crippen molar-refractivity contribution < 1.29 is 4.79 Å². The lowest BCUT2D eigenvalue weighted by Gasteiger charge is -2.46. The minimum Gasteiger partial charge on any atom is -0.351 e. The number of hydrogen-bond donors (Lipinski definition) is 2. The Hall–Kier alpha value is -0.770. The van der Waals surface area contributed by atoms with Crippen LogP contribution in [0.3, 0.4) is 0 Å². The van der Waals surface area contributed by atoms with Crippen molar-refractivity contribution in [1.82, 2.24) is 4.90 Å². The van der Waals surface area contributed by atoms with Crippen LogP contribution >= 0.6 is 0 Å². The zero-order chi connectivity index (χ0) is 9.35. The second-order valence-corrected chi connectivity index (χ2v) is 4.13. The molecule has 0 aromatic heterocycles. The highest BCUT2D eigenvalue weighted by atomic mass is 16.2. The molecule has 0 radical (unpaired) electrons. The largest absolute Gasteiger partial charge is 0.351 e. The monoisotopic (exact) mass is 171 g/mol. The van der Waals surface area contributed by atoms with Crippen LogP contribution in [0.15, 0.2) is 0 Å². The van der Waals surface area contributed by atoms with Crippen molar-refractivity contribution in [1.29, 1.82) is 0 Å². The van der Waals surface area contributed by atoms with Crippen LogP contribution < -0.4 is 11.5 Å². The molecular weight excluding hydrogens is 154 g/mol. The Kier molecular flexibility index (Phi) is 2.28. The van der Waals surface area contributed by atoms with Crippen LogP contribution in [0, 0.1) is 11.3 Å². The van der Waals surface area contributed by atoms with Gasteiger partial charge in [0.15, 0.2) is 0 Å². The van der Waals surface area contributed by atoms with E-state index >= 15 is 0 Å². The zero-order valence-corrected chi connectivity index (χ0v) is 7.71. The van der Waals surface area contributed by atoms with Crippen molar-refractivity contribution in [2.75, 3.05) is 19.6 Å². The van der Waals surface area contributed by atoms with Crippen LogP contribution in [-0.2, 0) is 0 Å². The molecule has 0 aromatic rings. The van der Waals surface area contributed by atoms with Crippen LogP contribution in [0.4, 0.5) is 4.79 Å². The van der Waals surface area contributed by atoms with Gasteiger partial charge >= 0.3 is 6.03 Å². The quantitative estimate of drug-likeness (QED) is 0.613. The molecule has 1 fully saturated rings. The van der Waals surface area contributed by atoms with Crippen molar-refractivity contribution >= 4 is 6.03 Å². The Morgan fingerprint density at radius 2 is 2.08 bits per heavy atom. The van der Waals surface area contributed by atoms with Crippen LogP contribution in [-0.4, -0.2) is 30.6 Å². The summed E-state index contributed by atoms with van der Waals surface area (Å²) in [4.78, 5) is 12.3. The molecule has 70 valence electrons. The van der Waals surface area contributed by atoms with Crippen LogP contribution in [0.5, 0.6) is 0 Å². The molecule has 0 aromatic carbocycles. The molecule has 0 atom stereocenters. The van der Waals surface area contributed by atoms with Crippen LogP contribution in [0.1, 0.15) is 13.8 Å². The smallest absolute Gasteiger partial charge is 0.314 e. The standard InChI is InChI=1S/C8H17N3O/c1-8(2,5-9)6-3-11(4-6)7(10)12/h6H,3-5,9H2,1-2H3,(H2,10,12). The summed E-state index contributed by atoms with van der Waals surface area (Å²) in [6.45, 7) is 6.43. The van der Waals surface area contributed by atoms with Gasteiger partial charge in [0, 0.05) is 19.0 Å². The Labute approximate surface area is 72.9 Å². The number of amides is 2. The van der Waals surface area contributed by atoms with Gasteiger partial charge in [-0.1, -0.05) is 13.8 Å². The third-order valence-electron chi connectivity index (χ3n) is 2.82. The van der Waals surface area contributed by atoms with Gasteiger partial charge in [0.05, 0.1) is 0 Å². The average Bonchev–Trinajstić information content (AvgIpc) is 1.82. The van der Waals surface area contributed by atoms with E-state index in [-0.39, 0.29) is 11.4 Å². The molecule has 1 aliphatic rings. The van der Waals surface area contributed by atoms with Gasteiger partial charge in [-0.2, -0.15) is 0 Å². The minimum atomic E-state index is -0.320. The lowest BCUT2D eigenvalue weighted by molar-refractivity contribution is 0.0498. The normalized spacial score (nSPS) is 19.1. The molecule has 1 aliphatic heterocycles. The van der Waals surface area contributed by atoms with Gasteiger partial charge in [-0.15, -0.1) is 0 Å². The summed E-state index contributed by atoms with van der Waals surface area (Å²) in [5, 5.41) is 0. The Balaban J connectivity index is 2.39. The van der Waals surface area contributed by atoms with Crippen LogP contribution in [0.25, 0.3) is 0 Å². The molecule has 12 heavy (non-hydrogen) atoms. The maximum Gasteiger partial charge on any atom is 0.314 e. The summed E-state index contributed by atoms with van der Waals surface area (Å²) in [5.74, 6) is 0.509. The van der Waals surface area contributed by atoms with E-state index in [0.717, 1.165) is 13.1 Å². The van der Waals surface area contributed by atoms with Gasteiger partial charge in [-0.05, 0) is 12.0 Å². The number of nitrogens with two attached hydrogens (primary N) is 2. The van der Waals surface area contributed by atoms with Gasteiger partial charge in [-0.25, -0.2) is 4.79 Å². The van der Waals surface area contributed by atoms with E-state index in [1.165, 1.54) is 0 Å². The molecule has 1 saturated heterocycles. The lowest BCUT2D eigenvalue weighted by Crippen LogP contribution is -2.58. The molecular formula is C8H17N3O. The van der Waals surface area contributed by atoms with Crippen molar-refractivity contribution in [2.24, 2.45) is 22.8 Å². The lowest BCUT2D eigenvalue weighted by atomic mass is 9.74. The number of hydrogen-bond acceptors (Lipinski definition) is 2. The number of rotatable bonds is 2. The Bertz CT molecular complexity index is 185. The topological polar surface area (TPSA) is 72.3 Å². The van der Waals surface area contributed by atoms with Gasteiger partial charge in [-0.3, -0.25) is 0 Å². The highest BCUT2D eigenvalue weighted by molar-refractivity contribution is 5.72. The van der Waals surface area contributed by atoms with E-state index in [2.05, 4.69) is 13.8 Å². The molecule has 0 saturated carbocycles. The van der Waals surface area contributed by atoms with Crippen molar-refractivity contribution in [3.63, 3.8) is 0 Å². The predicted molar refractivity (Wildman–Crippen MR) is 47.5 cm³/mol. The van der Waals surface area contributed by atoms with Crippen molar-refractivity contribution in [3.05, 3.63) is 0 Å². The molecule has 4 nitrogen and oxygen atoms in total. The number of nitrogens with zero attached hydrogens (tertiary/aromatic N) is 1. The molecule has 0 unspecified atom stereocenters. The molecule has 2 amide bonds. The first kappa shape index (κ1) is 9.32. The first-order valence-corrected chi connectivity index (χ1v) is 4.22. The third-order valence-corrected chi connectivity index (χ3v) is 2.82. The minimum absolute atomic E-state index is 0.131. The van der Waals surface area contributed by atoms with Gasteiger partial charge in [0.2, 0.25) is 0 Å². The van der Waals surface area contributed by atoms with E-state index in [4.69, 9.17) is 11.5 Å². The summed E-state index contributed by atoms with van der Waals surface area (Å²) in [6.07, 6.45) is 0. The average molecular weight is 171 g/mol. The third kappa shape index (κ3) is 1.53. The summed E-state index contributed by atoms with van der Waals surface area (Å²) >= 11 is 0. The SMILES string of the molecule is CC(C)(CN)C1CN(C(N)=O)C1. The molecule has 4 heteroatoms. The molecule has 1 rings (SSSR count). The Morgan fingerprint density at radius 3 is 2.42 bits per heavy atom. The second-order valence-electron chi connectivity index (χ2n) is 4.13. The van der Waals surface area contributed by atoms with Gasteiger partial charge in [0.25, 0.3) is 0 Å². The molecule has 0 spiro atoms. The van der Waals surface area contributed by atoms with Gasteiger partial charge < -0.3 is 16.4 Å². The van der Waals surface area contributed by atoms with E-state index in [1.807, 2.05) is 0 Å². The maximum absolute atomic E-state index is 10.7. The number of carbonyl (C=O) groups is 1. The van der Waals surface area contributed by atoms with E-state index in [9.17, 15) is 4.79 Å². The van der Waals surface area contributed by atoms with Crippen LogP contribution in [0.2, 0.25) is 0 Å². The molecule has 4 N–H and O–H groups in total. The van der Waals surface area contributed by atoms with Crippen molar-refractivity contribution in [3.8, 4) is 0 Å². The van der Waals surface area contributed by atoms with Gasteiger partial charge in [0.1, 0.15) is 0 Å². The number of primary amides is 1. The molecule has 1 heterocycles. The van der Waals surface area contributed by atoms with E-state index < -0.39 is 0 Å². The Morgan fingerprint density at radius 1 is 1.58 bits per heavy atom. The first-order chi connectivity index (χ1) is 5.47. The summed E-state index contributed by atoms with van der Waals surface area (Å²) in [5.41, 5.74) is 10.8. The highest BCUT2D eigenvalue weighted by Gasteiger charge is 2.39. The van der Waals surface area contributed by atoms with Crippen molar-refractivity contribution in [2.45, 2.75) is 13.8 Å². The second kappa shape index (κ2) is 2.94. The maximum atomic E-state index is 10.7. The first-order valence-electron chi connectivity index (χ1n) is 4.22. The molecule has 0 bridgehead atoms. The summed E-state index contributed by atoms with van der Waals surface area (Å²) in [6, 6.07) is -0.320. The zero-order valence-electron chi connectivity index (χ0n) is 7.71. The number of likely N-dealkylation sites (tertiary alicyclic amines) is 1. The number of carbonyl (C=O) groups excluding carboxylic acids is 1. The summed E-state index contributed by atoms with van der Waals surface area (Å²) in [7, 11) is 0.